The largest absolute Gasteiger partial charge is 0.460 e. The van der Waals surface area contributed by atoms with Crippen LogP contribution < -0.4 is 11.1 Å². The third-order valence-electron chi connectivity index (χ3n) is 2.52. The fourth-order valence-corrected chi connectivity index (χ4v) is 1.75. The maximum absolute atomic E-state index is 12.0. The summed E-state index contributed by atoms with van der Waals surface area (Å²) in [6.45, 7) is 5.91. The fraction of sp³-hybridized carbons (Fsp3) is 0.467. The number of carbonyl (C=O) groups excluding carboxylic acids is 2. The Hall–Kier alpha value is -1.88. The minimum Gasteiger partial charge on any atom is -0.460 e. The average Bonchev–Trinajstić information content (AvgIpc) is 2.34. The molecular formula is C15H22N2O3. The van der Waals surface area contributed by atoms with Crippen LogP contribution in [0.2, 0.25) is 0 Å². The molecule has 1 rings (SSSR count). The topological polar surface area (TPSA) is 81.4 Å². The Kier molecular flexibility index (Phi) is 5.70. The van der Waals surface area contributed by atoms with Crippen molar-refractivity contribution >= 4 is 11.9 Å². The van der Waals surface area contributed by atoms with Crippen LogP contribution in [0, 0.1) is 0 Å². The lowest BCUT2D eigenvalue weighted by molar-refractivity contribution is -0.149. The second kappa shape index (κ2) is 7.05. The second-order valence-electron chi connectivity index (χ2n) is 5.71. The number of hydrogen-bond donors (Lipinski definition) is 2. The number of rotatable bonds is 6. The van der Waals surface area contributed by atoms with E-state index in [1.807, 2.05) is 51.1 Å². The van der Waals surface area contributed by atoms with E-state index in [1.165, 1.54) is 0 Å². The zero-order chi connectivity index (χ0) is 15.2. The summed E-state index contributed by atoms with van der Waals surface area (Å²) in [5.41, 5.74) is 5.75. The molecule has 0 spiro atoms. The van der Waals surface area contributed by atoms with Gasteiger partial charge in [0.2, 0.25) is 5.91 Å². The molecule has 1 unspecified atom stereocenters. The van der Waals surface area contributed by atoms with Crippen LogP contribution in [0.15, 0.2) is 30.3 Å². The summed E-state index contributed by atoms with van der Waals surface area (Å²) in [5.74, 6) is -1.01. The molecular weight excluding hydrogens is 256 g/mol. The quantitative estimate of drug-likeness (QED) is 0.770. The SMILES string of the molecule is CC(C)(C)NC(CC(N)=O)C(=O)OCc1ccccc1. The van der Waals surface area contributed by atoms with E-state index in [9.17, 15) is 9.59 Å². The van der Waals surface area contributed by atoms with Crippen LogP contribution in [0.1, 0.15) is 32.8 Å². The van der Waals surface area contributed by atoms with Gasteiger partial charge in [-0.1, -0.05) is 30.3 Å². The lowest BCUT2D eigenvalue weighted by Crippen LogP contribution is -2.49. The Labute approximate surface area is 119 Å². The summed E-state index contributed by atoms with van der Waals surface area (Å²) in [6, 6.07) is 8.65. The van der Waals surface area contributed by atoms with Gasteiger partial charge in [0.25, 0.3) is 0 Å². The zero-order valence-corrected chi connectivity index (χ0v) is 12.2. The predicted octanol–water partition coefficient (Wildman–Crippen LogP) is 1.36. The van der Waals surface area contributed by atoms with Gasteiger partial charge in [-0.25, -0.2) is 0 Å². The van der Waals surface area contributed by atoms with Crippen molar-refractivity contribution in [2.75, 3.05) is 0 Å². The van der Waals surface area contributed by atoms with Crippen molar-refractivity contribution < 1.29 is 14.3 Å². The highest BCUT2D eigenvalue weighted by Gasteiger charge is 2.26. The van der Waals surface area contributed by atoms with Gasteiger partial charge in [0, 0.05) is 5.54 Å². The number of nitrogens with one attached hydrogen (secondary N) is 1. The second-order valence-corrected chi connectivity index (χ2v) is 5.71. The lowest BCUT2D eigenvalue weighted by atomic mass is 10.1. The molecule has 5 heteroatoms. The molecule has 0 bridgehead atoms. The molecule has 1 aromatic carbocycles. The smallest absolute Gasteiger partial charge is 0.324 e. The summed E-state index contributed by atoms with van der Waals surface area (Å²) in [7, 11) is 0. The molecule has 1 amide bonds. The molecule has 0 aliphatic rings. The van der Waals surface area contributed by atoms with E-state index < -0.39 is 17.9 Å². The Balaban J connectivity index is 2.61. The third-order valence-corrected chi connectivity index (χ3v) is 2.52. The number of esters is 1. The molecule has 0 aromatic heterocycles. The number of benzene rings is 1. The van der Waals surface area contributed by atoms with E-state index in [1.54, 1.807) is 0 Å². The van der Waals surface area contributed by atoms with Gasteiger partial charge in [0.05, 0.1) is 6.42 Å². The van der Waals surface area contributed by atoms with E-state index >= 15 is 0 Å². The molecule has 110 valence electrons. The van der Waals surface area contributed by atoms with Crippen LogP contribution in [0.5, 0.6) is 0 Å². The van der Waals surface area contributed by atoms with Crippen molar-refractivity contribution in [3.63, 3.8) is 0 Å². The number of carbonyl (C=O) groups is 2. The van der Waals surface area contributed by atoms with Crippen LogP contribution in [0.3, 0.4) is 0 Å². The lowest BCUT2D eigenvalue weighted by Gasteiger charge is -2.26. The Morgan fingerprint density at radius 1 is 1.25 bits per heavy atom. The van der Waals surface area contributed by atoms with Gasteiger partial charge in [-0.05, 0) is 26.3 Å². The van der Waals surface area contributed by atoms with Crippen molar-refractivity contribution in [3.8, 4) is 0 Å². The molecule has 1 atom stereocenters. The fourth-order valence-electron chi connectivity index (χ4n) is 1.75. The van der Waals surface area contributed by atoms with Gasteiger partial charge in [-0.3, -0.25) is 14.9 Å². The first kappa shape index (κ1) is 16.2. The van der Waals surface area contributed by atoms with Crippen LogP contribution in [0.25, 0.3) is 0 Å². The first-order valence-electron chi connectivity index (χ1n) is 6.54. The maximum Gasteiger partial charge on any atom is 0.324 e. The van der Waals surface area contributed by atoms with Gasteiger partial charge in [-0.15, -0.1) is 0 Å². The summed E-state index contributed by atoms with van der Waals surface area (Å²) in [6.07, 6.45) is -0.0785. The molecule has 3 N–H and O–H groups in total. The van der Waals surface area contributed by atoms with Gasteiger partial charge >= 0.3 is 5.97 Å². The summed E-state index contributed by atoms with van der Waals surface area (Å²) >= 11 is 0. The Bertz CT molecular complexity index is 452. The van der Waals surface area contributed by atoms with Gasteiger partial charge in [0.1, 0.15) is 12.6 Å². The van der Waals surface area contributed by atoms with E-state index in [0.717, 1.165) is 5.56 Å². The highest BCUT2D eigenvalue weighted by atomic mass is 16.5. The molecule has 1 aromatic rings. The first-order valence-corrected chi connectivity index (χ1v) is 6.54. The number of ether oxygens (including phenoxy) is 1. The zero-order valence-electron chi connectivity index (χ0n) is 12.2. The van der Waals surface area contributed by atoms with E-state index in [0.29, 0.717) is 0 Å². The number of nitrogens with two attached hydrogens (primary N) is 1. The molecule has 20 heavy (non-hydrogen) atoms. The Morgan fingerprint density at radius 2 is 1.85 bits per heavy atom. The van der Waals surface area contributed by atoms with Crippen molar-refractivity contribution in [2.24, 2.45) is 5.73 Å². The van der Waals surface area contributed by atoms with Crippen LogP contribution in [-0.4, -0.2) is 23.5 Å². The molecule has 0 aliphatic heterocycles. The monoisotopic (exact) mass is 278 g/mol. The molecule has 0 heterocycles. The minimum atomic E-state index is -0.726. The number of hydrogen-bond acceptors (Lipinski definition) is 4. The van der Waals surface area contributed by atoms with Crippen molar-refractivity contribution in [3.05, 3.63) is 35.9 Å². The summed E-state index contributed by atoms with van der Waals surface area (Å²) < 4.78 is 5.23. The molecule has 0 aliphatic carbocycles. The first-order chi connectivity index (χ1) is 9.28. The normalized spacial score (nSPS) is 12.8. The van der Waals surface area contributed by atoms with E-state index in [2.05, 4.69) is 5.32 Å². The average molecular weight is 278 g/mol. The van der Waals surface area contributed by atoms with Gasteiger partial charge in [0.15, 0.2) is 0 Å². The van der Waals surface area contributed by atoms with E-state index in [-0.39, 0.29) is 18.6 Å². The van der Waals surface area contributed by atoms with Crippen molar-refractivity contribution in [2.45, 2.75) is 45.4 Å². The van der Waals surface area contributed by atoms with Gasteiger partial charge in [-0.2, -0.15) is 0 Å². The van der Waals surface area contributed by atoms with Crippen molar-refractivity contribution in [1.29, 1.82) is 0 Å². The third kappa shape index (κ3) is 6.33. The summed E-state index contributed by atoms with van der Waals surface area (Å²) in [4.78, 5) is 23.1. The molecule has 0 saturated heterocycles. The van der Waals surface area contributed by atoms with E-state index in [4.69, 9.17) is 10.5 Å². The van der Waals surface area contributed by atoms with Crippen LogP contribution in [0.4, 0.5) is 0 Å². The van der Waals surface area contributed by atoms with Crippen LogP contribution in [-0.2, 0) is 20.9 Å². The highest BCUT2D eigenvalue weighted by molar-refractivity contribution is 5.84. The Morgan fingerprint density at radius 3 is 2.35 bits per heavy atom. The van der Waals surface area contributed by atoms with Gasteiger partial charge < -0.3 is 10.5 Å². The molecule has 5 nitrogen and oxygen atoms in total. The summed E-state index contributed by atoms with van der Waals surface area (Å²) in [5, 5.41) is 3.05. The van der Waals surface area contributed by atoms with Crippen molar-refractivity contribution in [1.82, 2.24) is 5.32 Å². The molecule has 0 saturated carbocycles. The maximum atomic E-state index is 12.0. The molecule has 0 radical (unpaired) electrons. The molecule has 0 fully saturated rings. The predicted molar refractivity (Wildman–Crippen MR) is 76.7 cm³/mol. The minimum absolute atomic E-state index is 0.0785. The standard InChI is InChI=1S/C15H22N2O3/c1-15(2,3)17-12(9-13(16)18)14(19)20-10-11-7-5-4-6-8-11/h4-8,12,17H,9-10H2,1-3H3,(H2,16,18). The number of amides is 1. The number of primary amides is 1. The van der Waals surface area contributed by atoms with Crippen LogP contribution >= 0.6 is 0 Å². The highest BCUT2D eigenvalue weighted by Crippen LogP contribution is 2.08.